The van der Waals surface area contributed by atoms with Gasteiger partial charge in [-0.15, -0.1) is 0 Å². The minimum atomic E-state index is -0.242. The molecule has 0 radical (unpaired) electrons. The number of hydrogen-bond acceptors (Lipinski definition) is 2. The Bertz CT molecular complexity index is 324. The van der Waals surface area contributed by atoms with E-state index in [-0.39, 0.29) is 11.9 Å². The standard InChI is InChI=1S/C12H18BrFN2/c1-3-8(2)4-12(16-15)9-5-10(13)7-11(14)6-9/h5-8,12,16H,3-4,15H2,1-2H3. The molecule has 0 heterocycles. The summed E-state index contributed by atoms with van der Waals surface area (Å²) in [5.41, 5.74) is 3.63. The molecule has 0 bridgehead atoms. The van der Waals surface area contributed by atoms with Gasteiger partial charge in [0.25, 0.3) is 0 Å². The van der Waals surface area contributed by atoms with Crippen molar-refractivity contribution in [1.82, 2.24) is 5.43 Å². The molecular weight excluding hydrogens is 271 g/mol. The Balaban J connectivity index is 2.86. The van der Waals surface area contributed by atoms with E-state index in [4.69, 9.17) is 5.84 Å². The highest BCUT2D eigenvalue weighted by Gasteiger charge is 2.14. The molecule has 4 heteroatoms. The Hall–Kier alpha value is -0.450. The van der Waals surface area contributed by atoms with Gasteiger partial charge in [0.15, 0.2) is 0 Å². The SMILES string of the molecule is CCC(C)CC(NN)c1cc(F)cc(Br)c1. The van der Waals surface area contributed by atoms with Crippen molar-refractivity contribution in [1.29, 1.82) is 0 Å². The van der Waals surface area contributed by atoms with Crippen molar-refractivity contribution in [2.75, 3.05) is 0 Å². The van der Waals surface area contributed by atoms with Gasteiger partial charge in [-0.1, -0.05) is 36.2 Å². The first-order valence-corrected chi connectivity index (χ1v) is 6.28. The van der Waals surface area contributed by atoms with Gasteiger partial charge in [0.2, 0.25) is 0 Å². The zero-order valence-corrected chi connectivity index (χ0v) is 11.2. The number of hydrazine groups is 1. The van der Waals surface area contributed by atoms with Crippen LogP contribution in [0.1, 0.15) is 38.3 Å². The Morgan fingerprint density at radius 2 is 2.12 bits per heavy atom. The van der Waals surface area contributed by atoms with E-state index in [2.05, 4.69) is 35.2 Å². The fourth-order valence-corrected chi connectivity index (χ4v) is 2.13. The van der Waals surface area contributed by atoms with Crippen molar-refractivity contribution in [3.63, 3.8) is 0 Å². The fourth-order valence-electron chi connectivity index (χ4n) is 1.65. The maximum Gasteiger partial charge on any atom is 0.124 e. The Labute approximate surface area is 105 Å². The third kappa shape index (κ3) is 3.85. The molecule has 0 aliphatic heterocycles. The third-order valence-electron chi connectivity index (χ3n) is 2.82. The van der Waals surface area contributed by atoms with Crippen molar-refractivity contribution in [2.45, 2.75) is 32.7 Å². The first-order chi connectivity index (χ1) is 7.56. The number of nitrogens with one attached hydrogen (secondary N) is 1. The van der Waals surface area contributed by atoms with Crippen molar-refractivity contribution >= 4 is 15.9 Å². The lowest BCUT2D eigenvalue weighted by Crippen LogP contribution is -2.29. The maximum atomic E-state index is 13.2. The van der Waals surface area contributed by atoms with E-state index >= 15 is 0 Å². The minimum Gasteiger partial charge on any atom is -0.271 e. The van der Waals surface area contributed by atoms with E-state index in [9.17, 15) is 4.39 Å². The zero-order valence-electron chi connectivity index (χ0n) is 9.63. The van der Waals surface area contributed by atoms with Gasteiger partial charge in [0, 0.05) is 10.5 Å². The average molecular weight is 289 g/mol. The molecule has 0 aromatic heterocycles. The van der Waals surface area contributed by atoms with Crippen molar-refractivity contribution in [2.24, 2.45) is 11.8 Å². The van der Waals surface area contributed by atoms with Crippen LogP contribution in [0.5, 0.6) is 0 Å². The summed E-state index contributed by atoms with van der Waals surface area (Å²) >= 11 is 3.29. The molecule has 1 aromatic carbocycles. The maximum absolute atomic E-state index is 13.2. The monoisotopic (exact) mass is 288 g/mol. The summed E-state index contributed by atoms with van der Waals surface area (Å²) in [7, 11) is 0. The summed E-state index contributed by atoms with van der Waals surface area (Å²) in [6.07, 6.45) is 2.00. The average Bonchev–Trinajstić information content (AvgIpc) is 2.24. The van der Waals surface area contributed by atoms with E-state index in [1.807, 2.05) is 6.07 Å². The number of halogens is 2. The van der Waals surface area contributed by atoms with Crippen LogP contribution in [0, 0.1) is 11.7 Å². The molecule has 2 atom stereocenters. The molecule has 0 saturated heterocycles. The molecule has 3 N–H and O–H groups in total. The lowest BCUT2D eigenvalue weighted by molar-refractivity contribution is 0.406. The molecule has 2 nitrogen and oxygen atoms in total. The molecule has 16 heavy (non-hydrogen) atoms. The number of hydrogen-bond donors (Lipinski definition) is 2. The topological polar surface area (TPSA) is 38.0 Å². The predicted molar refractivity (Wildman–Crippen MR) is 68.2 cm³/mol. The van der Waals surface area contributed by atoms with Crippen LogP contribution < -0.4 is 11.3 Å². The molecule has 1 aromatic rings. The molecule has 0 aliphatic rings. The number of rotatable bonds is 5. The van der Waals surface area contributed by atoms with Gasteiger partial charge in [-0.3, -0.25) is 11.3 Å². The quantitative estimate of drug-likeness (QED) is 0.643. The van der Waals surface area contributed by atoms with E-state index in [0.29, 0.717) is 5.92 Å². The van der Waals surface area contributed by atoms with Crippen LogP contribution in [-0.4, -0.2) is 0 Å². The first kappa shape index (κ1) is 13.6. The second kappa shape index (κ2) is 6.33. The molecule has 0 fully saturated rings. The lowest BCUT2D eigenvalue weighted by atomic mass is 9.95. The smallest absolute Gasteiger partial charge is 0.124 e. The summed E-state index contributed by atoms with van der Waals surface area (Å²) in [4.78, 5) is 0. The van der Waals surface area contributed by atoms with Crippen LogP contribution in [0.15, 0.2) is 22.7 Å². The number of nitrogens with two attached hydrogens (primary N) is 1. The Kier molecular flexibility index (Phi) is 5.38. The molecule has 0 spiro atoms. The van der Waals surface area contributed by atoms with Crippen molar-refractivity contribution in [3.05, 3.63) is 34.1 Å². The van der Waals surface area contributed by atoms with Gasteiger partial charge in [-0.2, -0.15) is 0 Å². The molecule has 90 valence electrons. The predicted octanol–water partition coefficient (Wildman–Crippen LogP) is 3.53. The molecule has 0 aliphatic carbocycles. The summed E-state index contributed by atoms with van der Waals surface area (Å²) < 4.78 is 14.0. The third-order valence-corrected chi connectivity index (χ3v) is 3.28. The molecule has 0 saturated carbocycles. The van der Waals surface area contributed by atoms with Gasteiger partial charge in [0.1, 0.15) is 5.82 Å². The summed E-state index contributed by atoms with van der Waals surface area (Å²) in [5, 5.41) is 0. The fraction of sp³-hybridized carbons (Fsp3) is 0.500. The van der Waals surface area contributed by atoms with Crippen molar-refractivity contribution in [3.8, 4) is 0 Å². The molecular formula is C12H18BrFN2. The van der Waals surface area contributed by atoms with Crippen LogP contribution in [0.3, 0.4) is 0 Å². The normalized spacial score (nSPS) is 14.8. The molecule has 0 amide bonds. The van der Waals surface area contributed by atoms with Crippen LogP contribution >= 0.6 is 15.9 Å². The summed E-state index contributed by atoms with van der Waals surface area (Å²) in [6, 6.07) is 4.87. The highest BCUT2D eigenvalue weighted by atomic mass is 79.9. The van der Waals surface area contributed by atoms with Crippen LogP contribution in [0.2, 0.25) is 0 Å². The molecule has 1 rings (SSSR count). The van der Waals surface area contributed by atoms with Crippen LogP contribution in [0.4, 0.5) is 4.39 Å². The van der Waals surface area contributed by atoms with Gasteiger partial charge in [-0.05, 0) is 36.1 Å². The second-order valence-electron chi connectivity index (χ2n) is 4.17. The van der Waals surface area contributed by atoms with E-state index in [1.165, 1.54) is 12.1 Å². The number of benzene rings is 1. The summed E-state index contributed by atoms with van der Waals surface area (Å²) in [6.45, 7) is 4.30. The van der Waals surface area contributed by atoms with Gasteiger partial charge >= 0.3 is 0 Å². The molecule has 2 unspecified atom stereocenters. The largest absolute Gasteiger partial charge is 0.271 e. The van der Waals surface area contributed by atoms with E-state index in [0.717, 1.165) is 22.9 Å². The lowest BCUT2D eigenvalue weighted by Gasteiger charge is -2.20. The minimum absolute atomic E-state index is 0.00181. The van der Waals surface area contributed by atoms with Gasteiger partial charge < -0.3 is 0 Å². The van der Waals surface area contributed by atoms with Gasteiger partial charge in [0.05, 0.1) is 0 Å². The highest BCUT2D eigenvalue weighted by molar-refractivity contribution is 9.10. The van der Waals surface area contributed by atoms with E-state index < -0.39 is 0 Å². The Morgan fingerprint density at radius 3 is 2.62 bits per heavy atom. The van der Waals surface area contributed by atoms with Crippen LogP contribution in [0.25, 0.3) is 0 Å². The first-order valence-electron chi connectivity index (χ1n) is 5.49. The summed E-state index contributed by atoms with van der Waals surface area (Å²) in [5.74, 6) is 5.84. The van der Waals surface area contributed by atoms with Gasteiger partial charge in [-0.25, -0.2) is 4.39 Å². The van der Waals surface area contributed by atoms with Crippen molar-refractivity contribution < 1.29 is 4.39 Å². The highest BCUT2D eigenvalue weighted by Crippen LogP contribution is 2.25. The van der Waals surface area contributed by atoms with E-state index in [1.54, 1.807) is 0 Å². The van der Waals surface area contributed by atoms with Crippen LogP contribution in [-0.2, 0) is 0 Å². The Morgan fingerprint density at radius 1 is 1.44 bits per heavy atom. The second-order valence-corrected chi connectivity index (χ2v) is 5.09. The zero-order chi connectivity index (χ0) is 12.1.